The third-order valence-electron chi connectivity index (χ3n) is 1.55. The summed E-state index contributed by atoms with van der Waals surface area (Å²) in [6.07, 6.45) is 4.10. The van der Waals surface area contributed by atoms with E-state index in [9.17, 15) is 0 Å². The Bertz CT molecular complexity index is 273. The van der Waals surface area contributed by atoms with Crippen LogP contribution in [0.5, 0.6) is 5.75 Å². The Balaban J connectivity index is 0.000000605. The zero-order valence-corrected chi connectivity index (χ0v) is 7.70. The first kappa shape index (κ1) is 11.7. The van der Waals surface area contributed by atoms with E-state index in [2.05, 4.69) is 6.08 Å². The van der Waals surface area contributed by atoms with Crippen LogP contribution in [-0.4, -0.2) is 24.0 Å². The van der Waals surface area contributed by atoms with Gasteiger partial charge in [-0.05, 0) is 12.1 Å². The Labute approximate surface area is 86.6 Å². The zero-order chi connectivity index (χ0) is 6.81. The number of rotatable bonds is 0. The van der Waals surface area contributed by atoms with E-state index in [1.807, 2.05) is 30.3 Å². The van der Waals surface area contributed by atoms with Crippen molar-refractivity contribution in [1.29, 1.82) is 0 Å². The summed E-state index contributed by atoms with van der Waals surface area (Å²) in [7, 11) is 0. The van der Waals surface area contributed by atoms with Crippen LogP contribution in [0.4, 0.5) is 0 Å². The van der Waals surface area contributed by atoms with Gasteiger partial charge in [0.25, 0.3) is 0 Å². The molecular formula is C9H14AlOP. The van der Waals surface area contributed by atoms with Crippen LogP contribution < -0.4 is 4.74 Å². The van der Waals surface area contributed by atoms with Crippen molar-refractivity contribution >= 4 is 33.3 Å². The Morgan fingerprint density at radius 2 is 1.92 bits per heavy atom. The van der Waals surface area contributed by atoms with Gasteiger partial charge in [0, 0.05) is 5.56 Å². The van der Waals surface area contributed by atoms with Crippen molar-refractivity contribution in [2.75, 3.05) is 6.61 Å². The number of benzene rings is 1. The van der Waals surface area contributed by atoms with Gasteiger partial charge in [-0.15, -0.1) is 0 Å². The monoisotopic (exact) mass is 196 g/mol. The van der Waals surface area contributed by atoms with Gasteiger partial charge in [0.1, 0.15) is 12.4 Å². The Kier molecular flexibility index (Phi) is 5.26. The lowest BCUT2D eigenvalue weighted by atomic mass is 10.1. The second-order valence-electron chi connectivity index (χ2n) is 2.25. The van der Waals surface area contributed by atoms with E-state index in [0.29, 0.717) is 6.61 Å². The molecule has 0 radical (unpaired) electrons. The lowest BCUT2D eigenvalue weighted by molar-refractivity contribution is 0.358. The van der Waals surface area contributed by atoms with Crippen LogP contribution in [0, 0.1) is 0 Å². The summed E-state index contributed by atoms with van der Waals surface area (Å²) in [5.41, 5.74) is 1.17. The summed E-state index contributed by atoms with van der Waals surface area (Å²) in [5, 5.41) is 0. The third kappa shape index (κ3) is 2.36. The maximum atomic E-state index is 5.34. The lowest BCUT2D eigenvalue weighted by Crippen LogP contribution is -1.98. The highest BCUT2D eigenvalue weighted by molar-refractivity contribution is 6.92. The first-order chi connectivity index (χ1) is 4.97. The zero-order valence-electron chi connectivity index (χ0n) is 6.29. The number of para-hydroxylation sites is 1. The van der Waals surface area contributed by atoms with Gasteiger partial charge in [0.2, 0.25) is 0 Å². The van der Waals surface area contributed by atoms with Crippen LogP contribution >= 0.6 is 9.90 Å². The number of hydrogen-bond donors (Lipinski definition) is 0. The van der Waals surface area contributed by atoms with Gasteiger partial charge in [-0.1, -0.05) is 24.3 Å². The molecule has 1 aromatic rings. The molecule has 0 bridgehead atoms. The molecule has 2 rings (SSSR count). The van der Waals surface area contributed by atoms with Gasteiger partial charge in [0.15, 0.2) is 17.4 Å². The third-order valence-corrected chi connectivity index (χ3v) is 1.55. The largest absolute Gasteiger partial charge is 0.489 e. The van der Waals surface area contributed by atoms with Crippen molar-refractivity contribution in [2.45, 2.75) is 0 Å². The predicted molar refractivity (Wildman–Crippen MR) is 62.0 cm³/mol. The van der Waals surface area contributed by atoms with Crippen LogP contribution in [-0.2, 0) is 0 Å². The Morgan fingerprint density at radius 1 is 1.17 bits per heavy atom. The summed E-state index contributed by atoms with van der Waals surface area (Å²) in [4.78, 5) is 0. The van der Waals surface area contributed by atoms with E-state index in [-0.39, 0.29) is 27.3 Å². The minimum absolute atomic E-state index is 0. The summed E-state index contributed by atoms with van der Waals surface area (Å²) in [6.45, 7) is 0.705. The molecular weight excluding hydrogens is 182 g/mol. The van der Waals surface area contributed by atoms with Gasteiger partial charge in [0.05, 0.1) is 0 Å². The molecule has 12 heavy (non-hydrogen) atoms. The molecule has 1 atom stereocenters. The SMILES string of the molecule is C1=Cc2ccccc2OC1.P.[AlH3]. The van der Waals surface area contributed by atoms with Crippen molar-refractivity contribution in [3.63, 3.8) is 0 Å². The smallest absolute Gasteiger partial charge is 0.187 e. The molecule has 1 heterocycles. The van der Waals surface area contributed by atoms with Crippen LogP contribution in [0.15, 0.2) is 30.3 Å². The van der Waals surface area contributed by atoms with E-state index in [4.69, 9.17) is 4.74 Å². The van der Waals surface area contributed by atoms with Crippen molar-refractivity contribution in [1.82, 2.24) is 0 Å². The highest BCUT2D eigenvalue weighted by atomic mass is 31.0. The van der Waals surface area contributed by atoms with E-state index in [0.717, 1.165) is 5.75 Å². The van der Waals surface area contributed by atoms with Crippen molar-refractivity contribution < 1.29 is 4.74 Å². The lowest BCUT2D eigenvalue weighted by Gasteiger charge is -2.10. The Hall–Kier alpha value is -0.278. The van der Waals surface area contributed by atoms with Gasteiger partial charge < -0.3 is 4.74 Å². The molecule has 0 aromatic heterocycles. The average Bonchev–Trinajstić information content (AvgIpc) is 2.05. The topological polar surface area (TPSA) is 9.23 Å². The molecule has 64 valence electrons. The van der Waals surface area contributed by atoms with E-state index in [1.54, 1.807) is 0 Å². The number of ether oxygens (including phenoxy) is 1. The average molecular weight is 196 g/mol. The van der Waals surface area contributed by atoms with Crippen molar-refractivity contribution in [2.24, 2.45) is 0 Å². The maximum Gasteiger partial charge on any atom is 0.187 e. The van der Waals surface area contributed by atoms with Crippen LogP contribution in [0.25, 0.3) is 6.08 Å². The molecule has 1 aromatic carbocycles. The molecule has 0 N–H and O–H groups in total. The molecule has 1 aliphatic heterocycles. The first-order valence-electron chi connectivity index (χ1n) is 3.35. The predicted octanol–water partition coefficient (Wildman–Crippen LogP) is 0.966. The quantitative estimate of drug-likeness (QED) is 0.443. The summed E-state index contributed by atoms with van der Waals surface area (Å²) in [6, 6.07) is 8.03. The second kappa shape index (κ2) is 5.38. The molecule has 0 aliphatic carbocycles. The van der Waals surface area contributed by atoms with Crippen LogP contribution in [0.1, 0.15) is 5.56 Å². The van der Waals surface area contributed by atoms with Crippen LogP contribution in [0.2, 0.25) is 0 Å². The highest BCUT2D eigenvalue weighted by Crippen LogP contribution is 2.21. The van der Waals surface area contributed by atoms with E-state index >= 15 is 0 Å². The fourth-order valence-electron chi connectivity index (χ4n) is 1.06. The molecule has 3 heteroatoms. The van der Waals surface area contributed by atoms with Crippen molar-refractivity contribution in [3.05, 3.63) is 35.9 Å². The van der Waals surface area contributed by atoms with E-state index < -0.39 is 0 Å². The molecule has 0 saturated carbocycles. The van der Waals surface area contributed by atoms with Crippen molar-refractivity contribution in [3.8, 4) is 5.75 Å². The normalized spacial score (nSPS) is 11.7. The molecule has 1 aliphatic rings. The summed E-state index contributed by atoms with van der Waals surface area (Å²) < 4.78 is 5.34. The standard InChI is InChI=1S/C9H8O.Al.H3P.3H/c1-2-6-9-8(4-1)5-3-7-10-9;;;;;/h1-6H,7H2;;1H3;;;. The maximum absolute atomic E-state index is 5.34. The molecule has 0 spiro atoms. The summed E-state index contributed by atoms with van der Waals surface area (Å²) >= 11 is 0. The fraction of sp³-hybridized carbons (Fsp3) is 0.111. The first-order valence-corrected chi connectivity index (χ1v) is 3.35. The van der Waals surface area contributed by atoms with E-state index in [1.165, 1.54) is 5.56 Å². The fourth-order valence-corrected chi connectivity index (χ4v) is 1.06. The number of fused-ring (bicyclic) bond motifs is 1. The molecule has 0 amide bonds. The van der Waals surface area contributed by atoms with Gasteiger partial charge in [-0.3, -0.25) is 0 Å². The summed E-state index contributed by atoms with van der Waals surface area (Å²) in [5.74, 6) is 0.991. The Morgan fingerprint density at radius 3 is 2.67 bits per heavy atom. The van der Waals surface area contributed by atoms with Gasteiger partial charge >= 0.3 is 0 Å². The molecule has 0 saturated heterocycles. The molecule has 0 fully saturated rings. The molecule has 1 nitrogen and oxygen atoms in total. The highest BCUT2D eigenvalue weighted by Gasteiger charge is 2.01. The second-order valence-corrected chi connectivity index (χ2v) is 2.25. The minimum Gasteiger partial charge on any atom is -0.489 e. The van der Waals surface area contributed by atoms with Crippen LogP contribution in [0.3, 0.4) is 0 Å². The number of hydrogen-bond acceptors (Lipinski definition) is 1. The van der Waals surface area contributed by atoms with Gasteiger partial charge in [-0.25, -0.2) is 0 Å². The van der Waals surface area contributed by atoms with Gasteiger partial charge in [-0.2, -0.15) is 9.90 Å². The molecule has 1 unspecified atom stereocenters. The minimum atomic E-state index is 0.